The number of nitrogens with zero attached hydrogens (tertiary/aromatic N) is 2. The van der Waals surface area contributed by atoms with Crippen molar-refractivity contribution in [1.82, 2.24) is 10.5 Å². The van der Waals surface area contributed by atoms with Gasteiger partial charge in [0.15, 0.2) is 0 Å². The first-order valence-corrected chi connectivity index (χ1v) is 5.85. The van der Waals surface area contributed by atoms with Crippen molar-refractivity contribution in [2.75, 3.05) is 26.8 Å². The van der Waals surface area contributed by atoms with Crippen LogP contribution < -0.4 is 0 Å². The van der Waals surface area contributed by atoms with Gasteiger partial charge in [-0.3, -0.25) is 0 Å². The lowest BCUT2D eigenvalue weighted by atomic mass is 10.5. The Labute approximate surface area is 112 Å². The van der Waals surface area contributed by atoms with Crippen molar-refractivity contribution in [3.63, 3.8) is 0 Å². The van der Waals surface area contributed by atoms with Crippen LogP contribution in [0.3, 0.4) is 0 Å². The Morgan fingerprint density at radius 1 is 1.21 bits per heavy atom. The lowest BCUT2D eigenvalue weighted by molar-refractivity contribution is -0.461. The molecule has 0 aliphatic heterocycles. The molecule has 0 N–H and O–H groups in total. The molecule has 86 valence electrons. The fraction of sp³-hybridized carbons (Fsp3) is 1.00. The molecule has 0 radical (unpaired) electrons. The Morgan fingerprint density at radius 2 is 1.93 bits per heavy atom. The van der Waals surface area contributed by atoms with E-state index in [0.717, 1.165) is 13.0 Å². The van der Waals surface area contributed by atoms with Crippen molar-refractivity contribution in [1.29, 1.82) is 0 Å². The topological polar surface area (TPSA) is 43.4 Å². The lowest BCUT2D eigenvalue weighted by Crippen LogP contribution is -2.30. The number of hydrogen-bond donors (Lipinski definition) is 0. The first kappa shape index (κ1) is 15.2. The van der Waals surface area contributed by atoms with Gasteiger partial charge in [0.05, 0.1) is 6.54 Å². The molecule has 0 unspecified atom stereocenters. The first-order chi connectivity index (χ1) is 6.74. The highest BCUT2D eigenvalue weighted by molar-refractivity contribution is 14.1. The molecule has 0 bridgehead atoms. The molecule has 8 heteroatoms. The summed E-state index contributed by atoms with van der Waals surface area (Å²) in [7, 11) is 1.62. The van der Waals surface area contributed by atoms with Crippen molar-refractivity contribution in [2.24, 2.45) is 0 Å². The van der Waals surface area contributed by atoms with Crippen LogP contribution in [0.5, 0.6) is 0 Å². The summed E-state index contributed by atoms with van der Waals surface area (Å²) in [6.45, 7) is 3.97. The molecule has 0 heterocycles. The van der Waals surface area contributed by atoms with Crippen LogP contribution in [0.15, 0.2) is 0 Å². The fourth-order valence-corrected chi connectivity index (χ4v) is 1.01. The summed E-state index contributed by atoms with van der Waals surface area (Å²) in [5.41, 5.74) is 0. The van der Waals surface area contributed by atoms with Crippen LogP contribution >= 0.6 is 46.0 Å². The standard InChI is InChI=1S/C6H14I2N2O4/c1-3-11-6-4-5-10(13-8)14-9(2)12-7/h3-6H2,1-2H3. The van der Waals surface area contributed by atoms with E-state index in [-0.39, 0.29) is 0 Å². The Balaban J connectivity index is 3.47. The normalized spacial score (nSPS) is 11.6. The van der Waals surface area contributed by atoms with E-state index in [0.29, 0.717) is 13.2 Å². The molecule has 0 spiro atoms. The summed E-state index contributed by atoms with van der Waals surface area (Å²) < 4.78 is 14.8. The molecule has 0 fully saturated rings. The highest BCUT2D eigenvalue weighted by Gasteiger charge is 2.08. The molecule has 0 saturated heterocycles. The van der Waals surface area contributed by atoms with Crippen LogP contribution in [-0.4, -0.2) is 37.3 Å². The fourth-order valence-electron chi connectivity index (χ4n) is 0.669. The van der Waals surface area contributed by atoms with Gasteiger partial charge in [-0.1, -0.05) is 0 Å². The summed E-state index contributed by atoms with van der Waals surface area (Å²) >= 11 is 3.44. The van der Waals surface area contributed by atoms with Crippen LogP contribution in [-0.2, 0) is 16.0 Å². The molecule has 6 nitrogen and oxygen atoms in total. The van der Waals surface area contributed by atoms with E-state index in [1.54, 1.807) is 53.1 Å². The van der Waals surface area contributed by atoms with Gasteiger partial charge in [-0.15, -0.1) is 0 Å². The molecule has 14 heavy (non-hydrogen) atoms. The molecule has 0 aromatic rings. The molecule has 0 atom stereocenters. The van der Waals surface area contributed by atoms with Crippen molar-refractivity contribution in [2.45, 2.75) is 13.3 Å². The number of halogens is 2. The second kappa shape index (κ2) is 10.7. The summed E-state index contributed by atoms with van der Waals surface area (Å²) in [5, 5.41) is 2.48. The largest absolute Gasteiger partial charge is 0.382 e. The maximum absolute atomic E-state index is 5.17. The number of rotatable bonds is 9. The molecule has 0 saturated carbocycles. The summed E-state index contributed by atoms with van der Waals surface area (Å²) in [4.78, 5) is 5.08. The van der Waals surface area contributed by atoms with E-state index in [2.05, 4.69) is 0 Å². The quantitative estimate of drug-likeness (QED) is 0.316. The predicted molar refractivity (Wildman–Crippen MR) is 66.9 cm³/mol. The Morgan fingerprint density at radius 3 is 2.43 bits per heavy atom. The second-order valence-corrected chi connectivity index (χ2v) is 3.05. The smallest absolute Gasteiger partial charge is 0.140 e. The lowest BCUT2D eigenvalue weighted by Gasteiger charge is -2.20. The summed E-state index contributed by atoms with van der Waals surface area (Å²) in [5.74, 6) is 0. The monoisotopic (exact) mass is 432 g/mol. The van der Waals surface area contributed by atoms with Crippen LogP contribution in [0, 0.1) is 0 Å². The van der Waals surface area contributed by atoms with Gasteiger partial charge in [0.1, 0.15) is 46.0 Å². The van der Waals surface area contributed by atoms with Gasteiger partial charge in [-0.2, -0.15) is 4.94 Å². The van der Waals surface area contributed by atoms with Crippen LogP contribution in [0.25, 0.3) is 0 Å². The number of ether oxygens (including phenoxy) is 1. The predicted octanol–water partition coefficient (Wildman–Crippen LogP) is 2.06. The van der Waals surface area contributed by atoms with Crippen molar-refractivity contribution >= 4 is 46.0 Å². The molecular formula is C6H14I2N2O4. The van der Waals surface area contributed by atoms with Gasteiger partial charge in [-0.05, 0) is 23.8 Å². The van der Waals surface area contributed by atoms with Crippen molar-refractivity contribution in [3.8, 4) is 0 Å². The van der Waals surface area contributed by atoms with E-state index in [4.69, 9.17) is 16.0 Å². The highest BCUT2D eigenvalue weighted by atomic mass is 127. The van der Waals surface area contributed by atoms with Crippen LogP contribution in [0.4, 0.5) is 0 Å². The van der Waals surface area contributed by atoms with Crippen LogP contribution in [0.1, 0.15) is 13.3 Å². The Kier molecular flexibility index (Phi) is 11.7. The van der Waals surface area contributed by atoms with E-state index < -0.39 is 0 Å². The highest BCUT2D eigenvalue weighted by Crippen LogP contribution is 2.04. The molecule has 0 aliphatic carbocycles. The minimum atomic E-state index is 0.604. The zero-order valence-corrected chi connectivity index (χ0v) is 12.4. The van der Waals surface area contributed by atoms with Crippen molar-refractivity contribution < 1.29 is 16.0 Å². The molecule has 0 aliphatic rings. The average Bonchev–Trinajstić information content (AvgIpc) is 2.22. The molecule has 0 amide bonds. The van der Waals surface area contributed by atoms with Crippen LogP contribution in [0.2, 0.25) is 0 Å². The van der Waals surface area contributed by atoms with Gasteiger partial charge < -0.3 is 4.74 Å². The zero-order chi connectivity index (χ0) is 10.8. The molecule has 0 rings (SSSR count). The number of hydrogen-bond acceptors (Lipinski definition) is 6. The average molecular weight is 432 g/mol. The Bertz CT molecular complexity index is 132. The maximum Gasteiger partial charge on any atom is 0.140 e. The third kappa shape index (κ3) is 8.52. The summed E-state index contributed by atoms with van der Waals surface area (Å²) in [6, 6.07) is 0. The second-order valence-electron chi connectivity index (χ2n) is 2.27. The van der Waals surface area contributed by atoms with Gasteiger partial charge in [-0.25, -0.2) is 6.33 Å². The third-order valence-corrected chi connectivity index (χ3v) is 2.21. The van der Waals surface area contributed by atoms with Gasteiger partial charge >= 0.3 is 0 Å². The minimum absolute atomic E-state index is 0.604. The zero-order valence-electron chi connectivity index (χ0n) is 8.11. The van der Waals surface area contributed by atoms with E-state index in [9.17, 15) is 0 Å². The molecule has 0 aromatic carbocycles. The molecular weight excluding hydrogens is 418 g/mol. The van der Waals surface area contributed by atoms with Crippen molar-refractivity contribution in [3.05, 3.63) is 0 Å². The Hall–Kier alpha value is 1.22. The van der Waals surface area contributed by atoms with E-state index >= 15 is 0 Å². The van der Waals surface area contributed by atoms with Gasteiger partial charge in [0.2, 0.25) is 0 Å². The maximum atomic E-state index is 5.17. The van der Waals surface area contributed by atoms with Gasteiger partial charge in [0, 0.05) is 20.3 Å². The summed E-state index contributed by atoms with van der Waals surface area (Å²) in [6.07, 6.45) is 0.825. The minimum Gasteiger partial charge on any atom is -0.382 e. The number of hydroxylamine groups is 4. The van der Waals surface area contributed by atoms with Gasteiger partial charge in [0.25, 0.3) is 0 Å². The first-order valence-electron chi connectivity index (χ1n) is 4.09. The van der Waals surface area contributed by atoms with E-state index in [1.807, 2.05) is 6.92 Å². The van der Waals surface area contributed by atoms with E-state index in [1.165, 1.54) is 10.5 Å². The molecule has 0 aromatic heterocycles. The SMILES string of the molecule is CCOCCCN(OI)ON(C)OI. The third-order valence-electron chi connectivity index (χ3n) is 1.21.